The van der Waals surface area contributed by atoms with E-state index in [0.717, 1.165) is 45.0 Å². The van der Waals surface area contributed by atoms with Crippen molar-refractivity contribution in [1.29, 1.82) is 0 Å². The number of sulfonamides is 1. The number of ether oxygens (including phenoxy) is 1. The second-order valence-corrected chi connectivity index (χ2v) is 9.31. The van der Waals surface area contributed by atoms with Crippen LogP contribution in [0.1, 0.15) is 16.9 Å². The smallest absolute Gasteiger partial charge is 0.277 e. The van der Waals surface area contributed by atoms with Gasteiger partial charge in [-0.1, -0.05) is 18.2 Å². The molecule has 1 aliphatic heterocycles. The molecule has 11 heteroatoms. The van der Waals surface area contributed by atoms with Gasteiger partial charge in [-0.15, -0.1) is 5.10 Å². The van der Waals surface area contributed by atoms with Crippen LogP contribution in [0.2, 0.25) is 0 Å². The van der Waals surface area contributed by atoms with Crippen molar-refractivity contribution < 1.29 is 17.9 Å². The fourth-order valence-electron chi connectivity index (χ4n) is 3.38. The summed E-state index contributed by atoms with van der Waals surface area (Å²) in [4.78, 5) is 16.2. The summed E-state index contributed by atoms with van der Waals surface area (Å²) in [5.74, 6) is -0.436. The van der Waals surface area contributed by atoms with E-state index in [1.807, 2.05) is 30.3 Å². The van der Waals surface area contributed by atoms with Crippen LogP contribution in [0.5, 0.6) is 0 Å². The molecule has 3 aromatic rings. The zero-order valence-corrected chi connectivity index (χ0v) is 18.9. The van der Waals surface area contributed by atoms with Crippen LogP contribution in [0.25, 0.3) is 5.69 Å². The number of aromatic nitrogens is 3. The van der Waals surface area contributed by atoms with E-state index in [0.29, 0.717) is 12.2 Å². The number of hydrogen-bond donors (Lipinski definition) is 2. The van der Waals surface area contributed by atoms with Gasteiger partial charge in [-0.3, -0.25) is 9.69 Å². The van der Waals surface area contributed by atoms with E-state index in [4.69, 9.17) is 4.74 Å². The molecule has 4 rings (SSSR count). The van der Waals surface area contributed by atoms with Crippen molar-refractivity contribution in [3.8, 4) is 5.69 Å². The molecule has 2 N–H and O–H groups in total. The number of nitrogens with zero attached hydrogens (tertiary/aromatic N) is 4. The third kappa shape index (κ3) is 6.23. The Morgan fingerprint density at radius 3 is 2.48 bits per heavy atom. The number of carbonyl (C=O) groups excluding carboxylic acids is 1. The summed E-state index contributed by atoms with van der Waals surface area (Å²) in [6.07, 6.45) is 2.10. The molecule has 1 amide bonds. The van der Waals surface area contributed by atoms with E-state index in [1.54, 1.807) is 12.1 Å². The van der Waals surface area contributed by atoms with E-state index in [2.05, 4.69) is 25.1 Å². The fourth-order valence-corrected chi connectivity index (χ4v) is 4.46. The maximum Gasteiger partial charge on any atom is 0.277 e. The van der Waals surface area contributed by atoms with Crippen LogP contribution >= 0.6 is 0 Å². The van der Waals surface area contributed by atoms with Crippen molar-refractivity contribution in [2.45, 2.75) is 11.3 Å². The monoisotopic (exact) mass is 470 g/mol. The molecule has 0 unspecified atom stereocenters. The molecule has 0 spiro atoms. The van der Waals surface area contributed by atoms with Crippen LogP contribution in [-0.4, -0.2) is 73.6 Å². The third-order valence-electron chi connectivity index (χ3n) is 5.18. The number of anilines is 1. The Hall–Kier alpha value is -3.12. The second-order valence-electron chi connectivity index (χ2n) is 7.54. The second kappa shape index (κ2) is 10.7. The first-order valence-electron chi connectivity index (χ1n) is 10.7. The molecular formula is C22H26N6O4S. The lowest BCUT2D eigenvalue weighted by atomic mass is 10.3. The topological polar surface area (TPSA) is 118 Å². The molecular weight excluding hydrogens is 444 g/mol. The Balaban J connectivity index is 1.29. The summed E-state index contributed by atoms with van der Waals surface area (Å²) in [7, 11) is -3.62. The molecule has 1 aliphatic rings. The average molecular weight is 471 g/mol. The normalized spacial score (nSPS) is 14.8. The van der Waals surface area contributed by atoms with E-state index in [1.165, 1.54) is 23.1 Å². The van der Waals surface area contributed by atoms with Gasteiger partial charge >= 0.3 is 0 Å². The predicted octanol–water partition coefficient (Wildman–Crippen LogP) is 1.52. The number of hydrogen-bond acceptors (Lipinski definition) is 7. The number of carbonyl (C=O) groups is 1. The summed E-state index contributed by atoms with van der Waals surface area (Å²) >= 11 is 0. The highest BCUT2D eigenvalue weighted by Gasteiger charge is 2.16. The van der Waals surface area contributed by atoms with Gasteiger partial charge in [-0.05, 0) is 49.4 Å². The molecule has 0 atom stereocenters. The van der Waals surface area contributed by atoms with Crippen molar-refractivity contribution in [2.75, 3.05) is 44.7 Å². The number of nitrogens with one attached hydrogen (secondary N) is 2. The van der Waals surface area contributed by atoms with E-state index >= 15 is 0 Å². The number of rotatable bonds is 9. The molecule has 10 nitrogen and oxygen atoms in total. The number of morpholine rings is 1. The Morgan fingerprint density at radius 2 is 1.76 bits per heavy atom. The van der Waals surface area contributed by atoms with Crippen molar-refractivity contribution in [3.63, 3.8) is 0 Å². The zero-order valence-electron chi connectivity index (χ0n) is 18.1. The summed E-state index contributed by atoms with van der Waals surface area (Å²) in [5, 5.41) is 11.0. The first kappa shape index (κ1) is 23.1. The average Bonchev–Trinajstić information content (AvgIpc) is 3.34. The molecule has 2 aromatic carbocycles. The van der Waals surface area contributed by atoms with Gasteiger partial charge in [0.1, 0.15) is 0 Å². The Labute approximate surface area is 192 Å². The lowest BCUT2D eigenvalue weighted by Crippen LogP contribution is -2.38. The Kier molecular flexibility index (Phi) is 7.45. The van der Waals surface area contributed by atoms with Gasteiger partial charge in [0.2, 0.25) is 10.0 Å². The van der Waals surface area contributed by atoms with Crippen molar-refractivity contribution in [3.05, 3.63) is 66.5 Å². The molecule has 174 valence electrons. The molecule has 0 saturated carbocycles. The molecule has 0 aliphatic carbocycles. The summed E-state index contributed by atoms with van der Waals surface area (Å²) in [6.45, 7) is 4.38. The number of para-hydroxylation sites is 1. The van der Waals surface area contributed by atoms with Crippen molar-refractivity contribution in [1.82, 2.24) is 24.6 Å². The van der Waals surface area contributed by atoms with Gasteiger partial charge in [0.05, 0.1) is 30.0 Å². The number of benzene rings is 2. The van der Waals surface area contributed by atoms with Crippen LogP contribution < -0.4 is 10.0 Å². The van der Waals surface area contributed by atoms with Gasteiger partial charge < -0.3 is 10.1 Å². The van der Waals surface area contributed by atoms with Crippen molar-refractivity contribution in [2.24, 2.45) is 0 Å². The van der Waals surface area contributed by atoms with Crippen LogP contribution in [0.15, 0.2) is 65.7 Å². The van der Waals surface area contributed by atoms with Gasteiger partial charge in [-0.25, -0.2) is 13.1 Å². The van der Waals surface area contributed by atoms with Gasteiger partial charge in [0.25, 0.3) is 5.91 Å². The summed E-state index contributed by atoms with van der Waals surface area (Å²) < 4.78 is 33.0. The van der Waals surface area contributed by atoms with Crippen LogP contribution in [0.4, 0.5) is 5.69 Å². The largest absolute Gasteiger partial charge is 0.379 e. The van der Waals surface area contributed by atoms with E-state index in [-0.39, 0.29) is 10.6 Å². The quantitative estimate of drug-likeness (QED) is 0.455. The first-order chi connectivity index (χ1) is 16.0. The molecule has 1 aromatic heterocycles. The third-order valence-corrected chi connectivity index (χ3v) is 6.66. The highest BCUT2D eigenvalue weighted by Crippen LogP contribution is 2.15. The Morgan fingerprint density at radius 1 is 1.03 bits per heavy atom. The molecule has 33 heavy (non-hydrogen) atoms. The minimum absolute atomic E-state index is 0.141. The van der Waals surface area contributed by atoms with Gasteiger partial charge in [0, 0.05) is 25.3 Å². The van der Waals surface area contributed by atoms with Gasteiger partial charge in [-0.2, -0.15) is 9.90 Å². The minimum atomic E-state index is -3.62. The van der Waals surface area contributed by atoms with Crippen LogP contribution in [0, 0.1) is 0 Å². The Bertz CT molecular complexity index is 1160. The predicted molar refractivity (Wildman–Crippen MR) is 123 cm³/mol. The lowest BCUT2D eigenvalue weighted by Gasteiger charge is -2.26. The maximum absolute atomic E-state index is 12.5. The van der Waals surface area contributed by atoms with E-state index in [9.17, 15) is 13.2 Å². The number of amides is 1. The first-order valence-corrected chi connectivity index (χ1v) is 12.2. The molecule has 2 heterocycles. The fraction of sp³-hybridized carbons (Fsp3) is 0.318. The summed E-state index contributed by atoms with van der Waals surface area (Å²) in [5.41, 5.74) is 1.35. The van der Waals surface area contributed by atoms with Gasteiger partial charge in [0.15, 0.2) is 5.69 Å². The molecule has 1 fully saturated rings. The summed E-state index contributed by atoms with van der Waals surface area (Å²) in [6, 6.07) is 15.3. The minimum Gasteiger partial charge on any atom is -0.379 e. The molecule has 0 radical (unpaired) electrons. The highest BCUT2D eigenvalue weighted by molar-refractivity contribution is 7.89. The SMILES string of the molecule is O=C(Nc1ccc(S(=O)(=O)NCCCN2CCOCC2)cc1)c1cnn(-c2ccccc2)n1. The lowest BCUT2D eigenvalue weighted by molar-refractivity contribution is 0.0376. The standard InChI is InChI=1S/C22H26N6O4S/c29-22(21-17-23-28(26-21)19-5-2-1-3-6-19)25-18-7-9-20(10-8-18)33(30,31)24-11-4-12-27-13-15-32-16-14-27/h1-3,5-10,17,24H,4,11-16H2,(H,25,29). The maximum atomic E-state index is 12.5. The van der Waals surface area contributed by atoms with E-state index < -0.39 is 15.9 Å². The molecule has 0 bridgehead atoms. The zero-order chi connectivity index (χ0) is 23.1. The van der Waals surface area contributed by atoms with Crippen LogP contribution in [-0.2, 0) is 14.8 Å². The van der Waals surface area contributed by atoms with Crippen LogP contribution in [0.3, 0.4) is 0 Å². The van der Waals surface area contributed by atoms with Crippen molar-refractivity contribution >= 4 is 21.6 Å². The highest BCUT2D eigenvalue weighted by atomic mass is 32.2. The molecule has 1 saturated heterocycles.